The molecule has 15 heavy (non-hydrogen) atoms. The zero-order valence-corrected chi connectivity index (χ0v) is 9.68. The monoisotopic (exact) mass is 262 g/mol. The van der Waals surface area contributed by atoms with Crippen LogP contribution in [0.15, 0.2) is 59.1 Å². The van der Waals surface area contributed by atoms with Gasteiger partial charge in [0.1, 0.15) is 6.10 Å². The van der Waals surface area contributed by atoms with E-state index in [1.807, 2.05) is 54.6 Å². The van der Waals surface area contributed by atoms with E-state index in [0.29, 0.717) is 0 Å². The summed E-state index contributed by atoms with van der Waals surface area (Å²) in [6.07, 6.45) is -0.552. The summed E-state index contributed by atoms with van der Waals surface area (Å²) in [5.74, 6) is 0. The van der Waals surface area contributed by atoms with Gasteiger partial charge in [0.25, 0.3) is 0 Å². The lowest BCUT2D eigenvalue weighted by molar-refractivity contribution is 0.220. The molecule has 1 atom stereocenters. The van der Waals surface area contributed by atoms with Gasteiger partial charge < -0.3 is 5.11 Å². The number of aliphatic hydroxyl groups excluding tert-OH is 1. The highest BCUT2D eigenvalue weighted by Crippen LogP contribution is 2.23. The molecule has 2 rings (SSSR count). The molecule has 0 aromatic heterocycles. The molecule has 0 saturated heterocycles. The van der Waals surface area contributed by atoms with Crippen molar-refractivity contribution < 1.29 is 5.11 Å². The van der Waals surface area contributed by atoms with Crippen molar-refractivity contribution >= 4 is 15.9 Å². The first kappa shape index (κ1) is 10.4. The lowest BCUT2D eigenvalue weighted by Crippen LogP contribution is -1.98. The molecule has 2 aromatic carbocycles. The molecule has 0 aliphatic heterocycles. The van der Waals surface area contributed by atoms with Crippen molar-refractivity contribution in [2.24, 2.45) is 0 Å². The van der Waals surface area contributed by atoms with Crippen LogP contribution in [-0.4, -0.2) is 5.11 Å². The fraction of sp³-hybridized carbons (Fsp3) is 0.0769. The van der Waals surface area contributed by atoms with Crippen LogP contribution in [0.25, 0.3) is 0 Å². The summed E-state index contributed by atoms with van der Waals surface area (Å²) in [6, 6.07) is 17.4. The van der Waals surface area contributed by atoms with E-state index in [9.17, 15) is 5.11 Å². The lowest BCUT2D eigenvalue weighted by atomic mass is 10.0. The molecule has 0 saturated carbocycles. The molecule has 2 heteroatoms. The van der Waals surface area contributed by atoms with Crippen molar-refractivity contribution in [2.45, 2.75) is 6.10 Å². The second-order valence-electron chi connectivity index (χ2n) is 3.37. The van der Waals surface area contributed by atoms with Gasteiger partial charge in [0.05, 0.1) is 0 Å². The Morgan fingerprint density at radius 2 is 1.53 bits per heavy atom. The summed E-state index contributed by atoms with van der Waals surface area (Å²) in [6.45, 7) is 0. The Bertz CT molecular complexity index is 439. The fourth-order valence-corrected chi connectivity index (χ4v) is 1.92. The third-order valence-electron chi connectivity index (χ3n) is 2.28. The SMILES string of the molecule is OC(c1ccccc1)c1cccc(Br)c1. The number of hydrogen-bond donors (Lipinski definition) is 1. The van der Waals surface area contributed by atoms with Gasteiger partial charge in [-0.3, -0.25) is 0 Å². The van der Waals surface area contributed by atoms with Crippen LogP contribution in [0, 0.1) is 0 Å². The van der Waals surface area contributed by atoms with E-state index < -0.39 is 6.10 Å². The Kier molecular flexibility index (Phi) is 3.19. The van der Waals surface area contributed by atoms with E-state index in [1.165, 1.54) is 0 Å². The van der Waals surface area contributed by atoms with E-state index in [0.717, 1.165) is 15.6 Å². The first-order chi connectivity index (χ1) is 7.27. The molecule has 0 heterocycles. The molecule has 0 radical (unpaired) electrons. The zero-order chi connectivity index (χ0) is 10.7. The smallest absolute Gasteiger partial charge is 0.104 e. The minimum atomic E-state index is -0.552. The molecule has 0 fully saturated rings. The number of rotatable bonds is 2. The molecule has 0 amide bonds. The number of benzene rings is 2. The van der Waals surface area contributed by atoms with Gasteiger partial charge in [-0.25, -0.2) is 0 Å². The standard InChI is InChI=1S/C13H11BrO/c14-12-8-4-7-11(9-12)13(15)10-5-2-1-3-6-10/h1-9,13,15H. The van der Waals surface area contributed by atoms with Crippen LogP contribution in [0.3, 0.4) is 0 Å². The van der Waals surface area contributed by atoms with Gasteiger partial charge in [-0.2, -0.15) is 0 Å². The molecule has 1 N–H and O–H groups in total. The van der Waals surface area contributed by atoms with E-state index in [1.54, 1.807) is 0 Å². The number of aliphatic hydroxyl groups is 1. The molecule has 0 aliphatic rings. The van der Waals surface area contributed by atoms with Crippen molar-refractivity contribution in [3.05, 3.63) is 70.2 Å². The average Bonchev–Trinajstić information content (AvgIpc) is 2.29. The summed E-state index contributed by atoms with van der Waals surface area (Å²) >= 11 is 3.39. The van der Waals surface area contributed by atoms with E-state index >= 15 is 0 Å². The Morgan fingerprint density at radius 3 is 2.20 bits per heavy atom. The van der Waals surface area contributed by atoms with E-state index in [2.05, 4.69) is 15.9 Å². The first-order valence-electron chi connectivity index (χ1n) is 4.76. The molecule has 0 spiro atoms. The minimum Gasteiger partial charge on any atom is -0.384 e. The van der Waals surface area contributed by atoms with Crippen molar-refractivity contribution in [1.29, 1.82) is 0 Å². The van der Waals surface area contributed by atoms with Crippen LogP contribution in [0.1, 0.15) is 17.2 Å². The maximum atomic E-state index is 10.1. The van der Waals surface area contributed by atoms with E-state index in [-0.39, 0.29) is 0 Å². The normalized spacial score (nSPS) is 12.4. The predicted molar refractivity (Wildman–Crippen MR) is 64.6 cm³/mol. The molecule has 76 valence electrons. The molecule has 1 nitrogen and oxygen atoms in total. The Labute approximate surface area is 97.5 Å². The van der Waals surface area contributed by atoms with Crippen molar-refractivity contribution in [1.82, 2.24) is 0 Å². The fourth-order valence-electron chi connectivity index (χ4n) is 1.50. The minimum absolute atomic E-state index is 0.552. The van der Waals surface area contributed by atoms with Gasteiger partial charge in [-0.1, -0.05) is 58.4 Å². The number of halogens is 1. The summed E-state index contributed by atoms with van der Waals surface area (Å²) in [5, 5.41) is 10.1. The summed E-state index contributed by atoms with van der Waals surface area (Å²) in [5.41, 5.74) is 1.81. The third-order valence-corrected chi connectivity index (χ3v) is 2.77. The second kappa shape index (κ2) is 4.60. The van der Waals surface area contributed by atoms with Crippen LogP contribution < -0.4 is 0 Å². The summed E-state index contributed by atoms with van der Waals surface area (Å²) in [4.78, 5) is 0. The van der Waals surface area contributed by atoms with E-state index in [4.69, 9.17) is 0 Å². The Hall–Kier alpha value is -1.12. The van der Waals surface area contributed by atoms with Gasteiger partial charge in [0, 0.05) is 4.47 Å². The van der Waals surface area contributed by atoms with Crippen LogP contribution in [0.2, 0.25) is 0 Å². The van der Waals surface area contributed by atoms with Crippen LogP contribution in [0.5, 0.6) is 0 Å². The van der Waals surface area contributed by atoms with Crippen LogP contribution in [-0.2, 0) is 0 Å². The lowest BCUT2D eigenvalue weighted by Gasteiger charge is -2.11. The van der Waals surface area contributed by atoms with Crippen LogP contribution >= 0.6 is 15.9 Å². The Morgan fingerprint density at radius 1 is 0.867 bits per heavy atom. The van der Waals surface area contributed by atoms with Crippen LogP contribution in [0.4, 0.5) is 0 Å². The molecule has 0 aliphatic carbocycles. The Balaban J connectivity index is 2.32. The van der Waals surface area contributed by atoms with Crippen molar-refractivity contribution in [2.75, 3.05) is 0 Å². The van der Waals surface area contributed by atoms with Crippen molar-refractivity contribution in [3.8, 4) is 0 Å². The molecule has 0 bridgehead atoms. The highest BCUT2D eigenvalue weighted by Gasteiger charge is 2.09. The maximum Gasteiger partial charge on any atom is 0.104 e. The maximum absolute atomic E-state index is 10.1. The van der Waals surface area contributed by atoms with Gasteiger partial charge in [0.15, 0.2) is 0 Å². The average molecular weight is 263 g/mol. The summed E-state index contributed by atoms with van der Waals surface area (Å²) in [7, 11) is 0. The topological polar surface area (TPSA) is 20.2 Å². The second-order valence-corrected chi connectivity index (χ2v) is 4.28. The van der Waals surface area contributed by atoms with Gasteiger partial charge in [0.2, 0.25) is 0 Å². The third kappa shape index (κ3) is 2.46. The largest absolute Gasteiger partial charge is 0.384 e. The summed E-state index contributed by atoms with van der Waals surface area (Å²) < 4.78 is 0.981. The van der Waals surface area contributed by atoms with Crippen molar-refractivity contribution in [3.63, 3.8) is 0 Å². The molecular formula is C13H11BrO. The predicted octanol–water partition coefficient (Wildman–Crippen LogP) is 3.53. The van der Waals surface area contributed by atoms with Gasteiger partial charge in [-0.05, 0) is 23.3 Å². The van der Waals surface area contributed by atoms with Gasteiger partial charge >= 0.3 is 0 Å². The highest BCUT2D eigenvalue weighted by molar-refractivity contribution is 9.10. The molecular weight excluding hydrogens is 252 g/mol. The quantitative estimate of drug-likeness (QED) is 0.878. The highest BCUT2D eigenvalue weighted by atomic mass is 79.9. The number of hydrogen-bond acceptors (Lipinski definition) is 1. The first-order valence-corrected chi connectivity index (χ1v) is 5.55. The zero-order valence-electron chi connectivity index (χ0n) is 8.10. The van der Waals surface area contributed by atoms with Gasteiger partial charge in [-0.15, -0.1) is 0 Å². The molecule has 2 aromatic rings. The molecule has 1 unspecified atom stereocenters.